The highest BCUT2D eigenvalue weighted by Crippen LogP contribution is 2.16. The van der Waals surface area contributed by atoms with E-state index < -0.39 is 29.1 Å². The number of carbonyl (C=O) groups is 1. The summed E-state index contributed by atoms with van der Waals surface area (Å²) in [6, 6.07) is 2.33. The number of ketones is 1. The van der Waals surface area contributed by atoms with Crippen LogP contribution >= 0.6 is 0 Å². The molecule has 1 N–H and O–H groups in total. The molecule has 0 aliphatic carbocycles. The Morgan fingerprint density at radius 2 is 2.00 bits per heavy atom. The predicted octanol–water partition coefficient (Wildman–Crippen LogP) is 2.63. The maximum atomic E-state index is 13.6. The molecule has 0 aliphatic heterocycles. The van der Waals surface area contributed by atoms with Crippen molar-refractivity contribution < 1.29 is 18.7 Å². The molecule has 0 bridgehead atoms. The molecule has 5 heteroatoms. The van der Waals surface area contributed by atoms with Gasteiger partial charge in [0.1, 0.15) is 11.6 Å². The Morgan fingerprint density at radius 3 is 2.45 bits per heavy atom. The third-order valence-corrected chi connectivity index (χ3v) is 3.12. The van der Waals surface area contributed by atoms with Crippen LogP contribution in [0.5, 0.6) is 0 Å². The number of rotatable bonds is 6. The van der Waals surface area contributed by atoms with Gasteiger partial charge in [-0.2, -0.15) is 0 Å². The second-order valence-electron chi connectivity index (χ2n) is 5.54. The lowest BCUT2D eigenvalue weighted by Crippen LogP contribution is -2.46. The summed E-state index contributed by atoms with van der Waals surface area (Å²) >= 11 is 0. The Bertz CT molecular complexity index is 483. The molecular weight excluding hydrogens is 264 g/mol. The summed E-state index contributed by atoms with van der Waals surface area (Å²) in [4.78, 5) is 14.0. The van der Waals surface area contributed by atoms with Gasteiger partial charge in [0.05, 0.1) is 17.2 Å². The van der Waals surface area contributed by atoms with Crippen molar-refractivity contribution in [1.29, 1.82) is 0 Å². The lowest BCUT2D eigenvalue weighted by molar-refractivity contribution is 0.0253. The van der Waals surface area contributed by atoms with E-state index in [1.807, 2.05) is 6.92 Å². The number of nitrogens with zero attached hydrogens (tertiary/aromatic N) is 1. The molecule has 0 heterocycles. The summed E-state index contributed by atoms with van der Waals surface area (Å²) in [5.41, 5.74) is -1.08. The zero-order valence-corrected chi connectivity index (χ0v) is 12.3. The van der Waals surface area contributed by atoms with Crippen LogP contribution in [-0.4, -0.2) is 40.5 Å². The molecule has 0 saturated carbocycles. The van der Waals surface area contributed by atoms with E-state index in [0.29, 0.717) is 19.2 Å². The average molecular weight is 285 g/mol. The quantitative estimate of drug-likeness (QED) is 0.817. The SMILES string of the molecule is CCN(CC(C)(C)O)C(C)C(=O)c1ccc(F)cc1F. The molecule has 20 heavy (non-hydrogen) atoms. The van der Waals surface area contributed by atoms with E-state index in [-0.39, 0.29) is 5.56 Å². The van der Waals surface area contributed by atoms with Gasteiger partial charge in [0.2, 0.25) is 0 Å². The molecule has 0 aliphatic rings. The summed E-state index contributed by atoms with van der Waals surface area (Å²) in [5.74, 6) is -2.00. The largest absolute Gasteiger partial charge is 0.389 e. The van der Waals surface area contributed by atoms with E-state index in [2.05, 4.69) is 0 Å². The van der Waals surface area contributed by atoms with Crippen LogP contribution in [0.4, 0.5) is 8.78 Å². The lowest BCUT2D eigenvalue weighted by Gasteiger charge is -2.32. The molecular formula is C15H21F2NO2. The van der Waals surface area contributed by atoms with Gasteiger partial charge < -0.3 is 5.11 Å². The molecule has 1 unspecified atom stereocenters. The highest BCUT2D eigenvalue weighted by Gasteiger charge is 2.27. The number of Topliss-reactive ketones (excluding diaryl/α,β-unsaturated/α-hetero) is 1. The first-order chi connectivity index (χ1) is 9.15. The maximum Gasteiger partial charge on any atom is 0.182 e. The van der Waals surface area contributed by atoms with Crippen LogP contribution in [0, 0.1) is 11.6 Å². The molecule has 0 amide bonds. The standard InChI is InChI=1S/C15H21F2NO2/c1-5-18(9-15(3,4)20)10(2)14(19)12-7-6-11(16)8-13(12)17/h6-8,10,20H,5,9H2,1-4H3. The van der Waals surface area contributed by atoms with Gasteiger partial charge in [0, 0.05) is 12.6 Å². The van der Waals surface area contributed by atoms with Crippen LogP contribution in [0.2, 0.25) is 0 Å². The number of halogens is 2. The van der Waals surface area contributed by atoms with Crippen LogP contribution < -0.4 is 0 Å². The minimum absolute atomic E-state index is 0.131. The third-order valence-electron chi connectivity index (χ3n) is 3.12. The Morgan fingerprint density at radius 1 is 1.40 bits per heavy atom. The molecule has 112 valence electrons. The Hall–Kier alpha value is -1.33. The number of benzene rings is 1. The summed E-state index contributed by atoms with van der Waals surface area (Å²) in [5, 5.41) is 9.83. The molecule has 3 nitrogen and oxygen atoms in total. The topological polar surface area (TPSA) is 40.5 Å². The molecule has 1 rings (SSSR count). The number of hydrogen-bond donors (Lipinski definition) is 1. The van der Waals surface area contributed by atoms with E-state index in [1.165, 1.54) is 0 Å². The fourth-order valence-corrected chi connectivity index (χ4v) is 2.10. The van der Waals surface area contributed by atoms with Crippen LogP contribution in [0.15, 0.2) is 18.2 Å². The highest BCUT2D eigenvalue weighted by molar-refractivity contribution is 6.00. The molecule has 1 atom stereocenters. The molecule has 0 fully saturated rings. The van der Waals surface area contributed by atoms with Gasteiger partial charge in [-0.3, -0.25) is 9.69 Å². The van der Waals surface area contributed by atoms with E-state index in [9.17, 15) is 18.7 Å². The summed E-state index contributed by atoms with van der Waals surface area (Å²) in [7, 11) is 0. The van der Waals surface area contributed by atoms with Gasteiger partial charge in [0.15, 0.2) is 5.78 Å². The van der Waals surface area contributed by atoms with Crippen LogP contribution in [0.25, 0.3) is 0 Å². The fourth-order valence-electron chi connectivity index (χ4n) is 2.10. The fraction of sp³-hybridized carbons (Fsp3) is 0.533. The van der Waals surface area contributed by atoms with E-state index in [0.717, 1.165) is 12.1 Å². The molecule has 0 spiro atoms. The highest BCUT2D eigenvalue weighted by atomic mass is 19.1. The lowest BCUT2D eigenvalue weighted by atomic mass is 10.0. The first-order valence-electron chi connectivity index (χ1n) is 6.61. The van der Waals surface area contributed by atoms with Crippen molar-refractivity contribution in [3.8, 4) is 0 Å². The Kier molecular flexibility index (Phi) is 5.36. The van der Waals surface area contributed by atoms with Gasteiger partial charge in [-0.1, -0.05) is 6.92 Å². The smallest absolute Gasteiger partial charge is 0.182 e. The molecule has 0 aromatic heterocycles. The van der Waals surface area contributed by atoms with Gasteiger partial charge >= 0.3 is 0 Å². The number of hydrogen-bond acceptors (Lipinski definition) is 3. The van der Waals surface area contributed by atoms with Gasteiger partial charge in [-0.25, -0.2) is 8.78 Å². The van der Waals surface area contributed by atoms with E-state index >= 15 is 0 Å². The minimum atomic E-state index is -0.952. The Balaban J connectivity index is 2.94. The summed E-state index contributed by atoms with van der Waals surface area (Å²) < 4.78 is 26.5. The van der Waals surface area contributed by atoms with Crippen molar-refractivity contribution in [2.75, 3.05) is 13.1 Å². The number of carbonyl (C=O) groups excluding carboxylic acids is 1. The van der Waals surface area contributed by atoms with Crippen LogP contribution in [-0.2, 0) is 0 Å². The molecule has 0 radical (unpaired) electrons. The Labute approximate surface area is 118 Å². The van der Waals surface area contributed by atoms with E-state index in [1.54, 1.807) is 25.7 Å². The van der Waals surface area contributed by atoms with Crippen LogP contribution in [0.1, 0.15) is 38.1 Å². The van der Waals surface area contributed by atoms with Gasteiger partial charge in [-0.15, -0.1) is 0 Å². The summed E-state index contributed by atoms with van der Waals surface area (Å²) in [6.07, 6.45) is 0. The monoisotopic (exact) mass is 285 g/mol. The van der Waals surface area contributed by atoms with Crippen molar-refractivity contribution in [2.45, 2.75) is 39.3 Å². The van der Waals surface area contributed by atoms with E-state index in [4.69, 9.17) is 0 Å². The second kappa shape index (κ2) is 6.41. The zero-order chi connectivity index (χ0) is 15.5. The second-order valence-corrected chi connectivity index (χ2v) is 5.54. The van der Waals surface area contributed by atoms with Crippen molar-refractivity contribution in [3.63, 3.8) is 0 Å². The minimum Gasteiger partial charge on any atom is -0.389 e. The molecule has 0 saturated heterocycles. The van der Waals surface area contributed by atoms with Crippen molar-refractivity contribution in [1.82, 2.24) is 4.90 Å². The van der Waals surface area contributed by atoms with Crippen molar-refractivity contribution in [2.24, 2.45) is 0 Å². The molecule has 1 aromatic carbocycles. The molecule has 1 aromatic rings. The van der Waals surface area contributed by atoms with Crippen LogP contribution in [0.3, 0.4) is 0 Å². The van der Waals surface area contributed by atoms with Gasteiger partial charge in [0.25, 0.3) is 0 Å². The predicted molar refractivity (Wildman–Crippen MR) is 73.7 cm³/mol. The third kappa shape index (κ3) is 4.35. The van der Waals surface area contributed by atoms with Gasteiger partial charge in [-0.05, 0) is 39.4 Å². The number of likely N-dealkylation sites (N-methyl/N-ethyl adjacent to an activating group) is 1. The normalized spacial score (nSPS) is 13.6. The maximum absolute atomic E-state index is 13.6. The average Bonchev–Trinajstić information content (AvgIpc) is 2.33. The number of aliphatic hydroxyl groups is 1. The first kappa shape index (κ1) is 16.7. The summed E-state index contributed by atoms with van der Waals surface area (Å²) in [6.45, 7) is 7.63. The van der Waals surface area contributed by atoms with Crippen molar-refractivity contribution >= 4 is 5.78 Å². The van der Waals surface area contributed by atoms with Crippen molar-refractivity contribution in [3.05, 3.63) is 35.4 Å². The zero-order valence-electron chi connectivity index (χ0n) is 12.3. The first-order valence-corrected chi connectivity index (χ1v) is 6.61.